The Bertz CT molecular complexity index is 1520. The van der Waals surface area contributed by atoms with Gasteiger partial charge in [0.05, 0.1) is 5.57 Å². The Morgan fingerprint density at radius 3 is 2.64 bits per heavy atom. The van der Waals surface area contributed by atoms with Crippen molar-refractivity contribution in [2.75, 3.05) is 16.4 Å². The molecule has 1 aliphatic rings. The van der Waals surface area contributed by atoms with Crippen molar-refractivity contribution in [3.63, 3.8) is 0 Å². The van der Waals surface area contributed by atoms with Gasteiger partial charge in [0.25, 0.3) is 5.91 Å². The van der Waals surface area contributed by atoms with E-state index in [-0.39, 0.29) is 5.91 Å². The molecule has 1 atom stereocenters. The number of carbonyl (C=O) groups excluding carboxylic acids is 1. The number of nitrogens with one attached hydrogen (secondary N) is 2. The van der Waals surface area contributed by atoms with Crippen molar-refractivity contribution < 1.29 is 9.53 Å². The van der Waals surface area contributed by atoms with Crippen LogP contribution >= 0.6 is 23.4 Å². The summed E-state index contributed by atoms with van der Waals surface area (Å²) in [5.41, 5.74) is 4.93. The lowest BCUT2D eigenvalue weighted by Crippen LogP contribution is -2.31. The molecule has 1 unspecified atom stereocenters. The minimum atomic E-state index is -0.466. The number of allylic oxidation sites excluding steroid dienone is 1. The van der Waals surface area contributed by atoms with Gasteiger partial charge < -0.3 is 15.4 Å². The van der Waals surface area contributed by atoms with Crippen molar-refractivity contribution in [1.82, 2.24) is 14.8 Å². The van der Waals surface area contributed by atoms with Crippen LogP contribution in [-0.4, -0.2) is 26.4 Å². The molecule has 1 aliphatic heterocycles. The summed E-state index contributed by atoms with van der Waals surface area (Å²) >= 11 is 7.88. The molecule has 1 amide bonds. The Labute approximate surface area is 237 Å². The predicted octanol–water partition coefficient (Wildman–Crippen LogP) is 7.25. The van der Waals surface area contributed by atoms with Crippen LogP contribution in [0.3, 0.4) is 0 Å². The monoisotopic (exact) mass is 559 g/mol. The second-order valence-electron chi connectivity index (χ2n) is 9.35. The highest BCUT2D eigenvalue weighted by molar-refractivity contribution is 7.99. The van der Waals surface area contributed by atoms with Gasteiger partial charge in [0.1, 0.15) is 18.4 Å². The van der Waals surface area contributed by atoms with Gasteiger partial charge in [-0.25, -0.2) is 4.68 Å². The minimum Gasteiger partial charge on any atom is -0.489 e. The molecule has 0 saturated carbocycles. The molecular formula is C30H30ClN5O2S. The van der Waals surface area contributed by atoms with Crippen molar-refractivity contribution in [3.05, 3.63) is 106 Å². The first-order chi connectivity index (χ1) is 18.9. The van der Waals surface area contributed by atoms with Gasteiger partial charge in [0.2, 0.25) is 11.1 Å². The van der Waals surface area contributed by atoms with Gasteiger partial charge in [-0.1, -0.05) is 72.8 Å². The number of ether oxygens (including phenoxy) is 1. The van der Waals surface area contributed by atoms with Gasteiger partial charge in [-0.15, -0.1) is 5.10 Å². The highest BCUT2D eigenvalue weighted by Crippen LogP contribution is 2.37. The first kappa shape index (κ1) is 26.8. The van der Waals surface area contributed by atoms with Crippen molar-refractivity contribution in [3.8, 4) is 5.75 Å². The topological polar surface area (TPSA) is 81.1 Å². The van der Waals surface area contributed by atoms with Crippen LogP contribution in [0.15, 0.2) is 89.2 Å². The number of amides is 1. The van der Waals surface area contributed by atoms with Gasteiger partial charge in [0.15, 0.2) is 0 Å². The number of hydrogen-bond acceptors (Lipinski definition) is 6. The first-order valence-electron chi connectivity index (χ1n) is 12.8. The molecular weight excluding hydrogens is 530 g/mol. The number of aryl methyl sites for hydroxylation is 1. The van der Waals surface area contributed by atoms with Crippen LogP contribution in [0.25, 0.3) is 0 Å². The first-order valence-corrected chi connectivity index (χ1v) is 14.2. The Balaban J connectivity index is 1.45. The third-order valence-electron chi connectivity index (χ3n) is 6.34. The van der Waals surface area contributed by atoms with Crippen molar-refractivity contribution >= 4 is 40.9 Å². The van der Waals surface area contributed by atoms with E-state index in [9.17, 15) is 4.79 Å². The van der Waals surface area contributed by atoms with Crippen LogP contribution in [0.2, 0.25) is 5.02 Å². The summed E-state index contributed by atoms with van der Waals surface area (Å²) in [6.07, 6.45) is 1.02. The molecule has 0 fully saturated rings. The van der Waals surface area contributed by atoms with Gasteiger partial charge in [-0.3, -0.25) is 4.79 Å². The zero-order chi connectivity index (χ0) is 27.4. The smallest absolute Gasteiger partial charge is 0.255 e. The molecule has 0 saturated heterocycles. The van der Waals surface area contributed by atoms with Crippen LogP contribution in [0, 0.1) is 6.92 Å². The fourth-order valence-electron chi connectivity index (χ4n) is 4.43. The van der Waals surface area contributed by atoms with E-state index in [1.54, 1.807) is 16.4 Å². The molecule has 39 heavy (non-hydrogen) atoms. The van der Waals surface area contributed by atoms with E-state index in [1.165, 1.54) is 0 Å². The fourth-order valence-corrected chi connectivity index (χ4v) is 5.31. The fraction of sp³-hybridized carbons (Fsp3) is 0.233. The maximum atomic E-state index is 13.7. The quantitative estimate of drug-likeness (QED) is 0.210. The number of thioether (sulfide) groups is 1. The van der Waals surface area contributed by atoms with E-state index in [0.29, 0.717) is 34.1 Å². The van der Waals surface area contributed by atoms with E-state index < -0.39 is 6.04 Å². The summed E-state index contributed by atoms with van der Waals surface area (Å²) in [6, 6.07) is 22.7. The second kappa shape index (κ2) is 12.0. The van der Waals surface area contributed by atoms with E-state index in [2.05, 4.69) is 17.6 Å². The van der Waals surface area contributed by atoms with Gasteiger partial charge >= 0.3 is 0 Å². The normalized spacial score (nSPS) is 14.5. The summed E-state index contributed by atoms with van der Waals surface area (Å²) in [4.78, 5) is 18.4. The second-order valence-corrected chi connectivity index (χ2v) is 10.8. The number of hydrogen-bond donors (Lipinski definition) is 2. The molecule has 0 radical (unpaired) electrons. The number of nitrogens with zero attached hydrogens (tertiary/aromatic N) is 3. The summed E-state index contributed by atoms with van der Waals surface area (Å²) in [5, 5.41) is 12.5. The zero-order valence-corrected chi connectivity index (χ0v) is 23.6. The van der Waals surface area contributed by atoms with E-state index in [4.69, 9.17) is 26.4 Å². The molecule has 5 rings (SSSR count). The maximum Gasteiger partial charge on any atom is 0.255 e. The molecule has 0 bridgehead atoms. The zero-order valence-electron chi connectivity index (χ0n) is 22.1. The lowest BCUT2D eigenvalue weighted by molar-refractivity contribution is -0.113. The van der Waals surface area contributed by atoms with Gasteiger partial charge in [0, 0.05) is 27.7 Å². The number of anilines is 2. The molecule has 3 aromatic carbocycles. The molecule has 4 aromatic rings. The molecule has 0 aliphatic carbocycles. The minimum absolute atomic E-state index is 0.196. The largest absolute Gasteiger partial charge is 0.489 e. The van der Waals surface area contributed by atoms with Crippen LogP contribution in [-0.2, 0) is 11.4 Å². The number of benzene rings is 3. The number of carbonyl (C=O) groups is 1. The number of rotatable bonds is 9. The molecule has 200 valence electrons. The molecule has 0 spiro atoms. The van der Waals surface area contributed by atoms with Gasteiger partial charge in [-0.05, 0) is 61.7 Å². The average molecular weight is 560 g/mol. The standard InChI is InChI=1S/C30H30ClN5O2S/c1-4-16-39-30-34-29-32-20(3)26(28(37)33-23-10-7-8-19(2)17-23)27(36(29)35-30)21-12-14-24(15-13-21)38-18-22-9-5-6-11-25(22)31/h5-15,17,27H,4,16,18H2,1-3H3,(H,33,37)(H,32,34,35). The number of fused-ring (bicyclic) bond motifs is 1. The Hall–Kier alpha value is -3.75. The summed E-state index contributed by atoms with van der Waals surface area (Å²) in [6.45, 7) is 6.38. The summed E-state index contributed by atoms with van der Waals surface area (Å²) in [5.74, 6) is 2.04. The SMILES string of the molecule is CCCSc1nc2n(n1)C(c1ccc(OCc3ccccc3Cl)cc1)C(C(=O)Nc1cccc(C)c1)=C(C)N2. The Kier molecular flexibility index (Phi) is 8.24. The molecule has 2 heterocycles. The van der Waals surface area contributed by atoms with Crippen LogP contribution < -0.4 is 15.4 Å². The van der Waals surface area contributed by atoms with Gasteiger partial charge in [-0.2, -0.15) is 4.98 Å². The van der Waals surface area contributed by atoms with Crippen LogP contribution in [0.5, 0.6) is 5.75 Å². The molecule has 9 heteroatoms. The number of aromatic nitrogens is 3. The van der Waals surface area contributed by atoms with Crippen molar-refractivity contribution in [1.29, 1.82) is 0 Å². The maximum absolute atomic E-state index is 13.7. The summed E-state index contributed by atoms with van der Waals surface area (Å²) < 4.78 is 7.79. The summed E-state index contributed by atoms with van der Waals surface area (Å²) in [7, 11) is 0. The van der Waals surface area contributed by atoms with E-state index >= 15 is 0 Å². The van der Waals surface area contributed by atoms with Crippen molar-refractivity contribution in [2.45, 2.75) is 45.0 Å². The Morgan fingerprint density at radius 1 is 1.10 bits per heavy atom. The lowest BCUT2D eigenvalue weighted by Gasteiger charge is -2.28. The van der Waals surface area contributed by atoms with Crippen molar-refractivity contribution in [2.24, 2.45) is 0 Å². The Morgan fingerprint density at radius 2 is 1.90 bits per heavy atom. The van der Waals surface area contributed by atoms with E-state index in [1.807, 2.05) is 86.6 Å². The number of halogens is 1. The highest BCUT2D eigenvalue weighted by Gasteiger charge is 2.34. The van der Waals surface area contributed by atoms with E-state index in [0.717, 1.165) is 40.2 Å². The average Bonchev–Trinajstić information content (AvgIpc) is 3.33. The molecule has 2 N–H and O–H groups in total. The third-order valence-corrected chi connectivity index (χ3v) is 7.75. The predicted molar refractivity (Wildman–Crippen MR) is 158 cm³/mol. The third kappa shape index (κ3) is 6.13. The lowest BCUT2D eigenvalue weighted by atomic mass is 9.95. The molecule has 7 nitrogen and oxygen atoms in total. The van der Waals surface area contributed by atoms with Crippen LogP contribution in [0.4, 0.5) is 11.6 Å². The highest BCUT2D eigenvalue weighted by atomic mass is 35.5. The van der Waals surface area contributed by atoms with Crippen LogP contribution in [0.1, 0.15) is 43.0 Å². The molecule has 1 aromatic heterocycles.